The maximum atomic E-state index is 12.7. The zero-order chi connectivity index (χ0) is 20.5. The van der Waals surface area contributed by atoms with E-state index in [9.17, 15) is 14.4 Å². The lowest BCUT2D eigenvalue weighted by molar-refractivity contribution is -0.143. The molecule has 2 rings (SSSR count). The number of carbonyl (C=O) groups excluding carboxylic acids is 3. The van der Waals surface area contributed by atoms with Gasteiger partial charge in [-0.1, -0.05) is 47.7 Å². The fourth-order valence-corrected chi connectivity index (χ4v) is 3.28. The van der Waals surface area contributed by atoms with Crippen LogP contribution in [0, 0.1) is 6.92 Å². The minimum atomic E-state index is -0.599. The Hall–Kier alpha value is -3.00. The van der Waals surface area contributed by atoms with E-state index in [1.54, 1.807) is 20.8 Å². The fourth-order valence-electron chi connectivity index (χ4n) is 2.31. The van der Waals surface area contributed by atoms with Gasteiger partial charge in [-0.15, -0.1) is 0 Å². The standard InChI is InChI=1S/C20H22N2O5S/c1-4-9-17(24)27-13-16(23)22(12-15-10-7-6-8-11-15)20-21-14(3)18(28-20)19(25)26-5-2/h4,6-11H,5,12-13H2,1-3H3/b9-4+. The van der Waals surface area contributed by atoms with E-state index in [0.717, 1.165) is 16.9 Å². The SMILES string of the molecule is C/C=C/C(=O)OCC(=O)N(Cc1ccccc1)c1nc(C)c(C(=O)OCC)s1. The minimum absolute atomic E-state index is 0.232. The minimum Gasteiger partial charge on any atom is -0.462 e. The molecule has 0 aliphatic heterocycles. The van der Waals surface area contributed by atoms with Gasteiger partial charge in [0.05, 0.1) is 18.8 Å². The Morgan fingerprint density at radius 1 is 1.18 bits per heavy atom. The number of anilines is 1. The molecular formula is C20H22N2O5S. The average molecular weight is 402 g/mol. The zero-order valence-corrected chi connectivity index (χ0v) is 16.8. The lowest BCUT2D eigenvalue weighted by Gasteiger charge is -2.19. The van der Waals surface area contributed by atoms with Crippen molar-refractivity contribution < 1.29 is 23.9 Å². The number of nitrogens with zero attached hydrogens (tertiary/aromatic N) is 2. The zero-order valence-electron chi connectivity index (χ0n) is 16.0. The molecule has 0 atom stereocenters. The van der Waals surface area contributed by atoms with Crippen LogP contribution in [0.4, 0.5) is 5.13 Å². The highest BCUT2D eigenvalue weighted by Crippen LogP contribution is 2.28. The third kappa shape index (κ3) is 5.75. The lowest BCUT2D eigenvalue weighted by Crippen LogP contribution is -2.34. The number of aromatic nitrogens is 1. The predicted octanol–water partition coefficient (Wildman–Crippen LogP) is 3.28. The van der Waals surface area contributed by atoms with Crippen LogP contribution in [0.2, 0.25) is 0 Å². The second kappa shape index (κ2) is 10.4. The van der Waals surface area contributed by atoms with Crippen molar-refractivity contribution in [2.75, 3.05) is 18.1 Å². The molecule has 28 heavy (non-hydrogen) atoms. The van der Waals surface area contributed by atoms with Crippen molar-refractivity contribution in [2.45, 2.75) is 27.3 Å². The van der Waals surface area contributed by atoms with Crippen LogP contribution in [0.25, 0.3) is 0 Å². The van der Waals surface area contributed by atoms with Gasteiger partial charge < -0.3 is 9.47 Å². The Bertz CT molecular complexity index is 861. The van der Waals surface area contributed by atoms with Gasteiger partial charge in [0, 0.05) is 6.08 Å². The predicted molar refractivity (Wildman–Crippen MR) is 106 cm³/mol. The maximum absolute atomic E-state index is 12.7. The molecule has 1 amide bonds. The number of ether oxygens (including phenoxy) is 2. The first-order valence-corrected chi connectivity index (χ1v) is 9.56. The summed E-state index contributed by atoms with van der Waals surface area (Å²) in [5, 5.41) is 0.344. The van der Waals surface area contributed by atoms with E-state index in [1.165, 1.54) is 17.1 Å². The number of esters is 2. The topological polar surface area (TPSA) is 85.8 Å². The Balaban J connectivity index is 2.27. The van der Waals surface area contributed by atoms with Gasteiger partial charge in [0.25, 0.3) is 5.91 Å². The van der Waals surface area contributed by atoms with Crippen LogP contribution in [0.1, 0.15) is 34.8 Å². The Kier molecular flexibility index (Phi) is 7.88. The second-order valence-corrected chi connectivity index (χ2v) is 6.68. The molecule has 0 saturated carbocycles. The van der Waals surface area contributed by atoms with E-state index in [-0.39, 0.29) is 13.2 Å². The summed E-state index contributed by atoms with van der Waals surface area (Å²) in [5.41, 5.74) is 1.36. The first kappa shape index (κ1) is 21.3. The summed E-state index contributed by atoms with van der Waals surface area (Å²) in [6.45, 7) is 5.14. The van der Waals surface area contributed by atoms with Gasteiger partial charge in [0.1, 0.15) is 4.88 Å². The van der Waals surface area contributed by atoms with Gasteiger partial charge in [-0.05, 0) is 26.3 Å². The molecule has 0 bridgehead atoms. The van der Waals surface area contributed by atoms with E-state index in [4.69, 9.17) is 9.47 Å². The molecule has 0 saturated heterocycles. The van der Waals surface area contributed by atoms with Crippen LogP contribution < -0.4 is 4.90 Å². The summed E-state index contributed by atoms with van der Waals surface area (Å²) >= 11 is 1.07. The van der Waals surface area contributed by atoms with E-state index < -0.39 is 24.5 Å². The molecule has 0 radical (unpaired) electrons. The summed E-state index contributed by atoms with van der Waals surface area (Å²) in [5.74, 6) is -1.51. The number of rotatable bonds is 8. The third-order valence-electron chi connectivity index (χ3n) is 3.60. The van der Waals surface area contributed by atoms with Gasteiger partial charge in [-0.2, -0.15) is 0 Å². The molecule has 0 aliphatic rings. The van der Waals surface area contributed by atoms with Crippen LogP contribution in [0.5, 0.6) is 0 Å². The highest BCUT2D eigenvalue weighted by atomic mass is 32.1. The lowest BCUT2D eigenvalue weighted by atomic mass is 10.2. The van der Waals surface area contributed by atoms with Crippen molar-refractivity contribution in [2.24, 2.45) is 0 Å². The van der Waals surface area contributed by atoms with Crippen molar-refractivity contribution in [1.29, 1.82) is 0 Å². The molecule has 1 aromatic carbocycles. The Morgan fingerprint density at radius 3 is 2.54 bits per heavy atom. The van der Waals surface area contributed by atoms with E-state index >= 15 is 0 Å². The molecule has 148 valence electrons. The smallest absolute Gasteiger partial charge is 0.350 e. The summed E-state index contributed by atoms with van der Waals surface area (Å²) in [6, 6.07) is 9.35. The molecule has 7 nitrogen and oxygen atoms in total. The van der Waals surface area contributed by atoms with E-state index in [1.807, 2.05) is 30.3 Å². The van der Waals surface area contributed by atoms with Crippen molar-refractivity contribution in [3.8, 4) is 0 Å². The third-order valence-corrected chi connectivity index (χ3v) is 4.76. The number of hydrogen-bond donors (Lipinski definition) is 0. The maximum Gasteiger partial charge on any atom is 0.350 e. The van der Waals surface area contributed by atoms with Gasteiger partial charge in [-0.3, -0.25) is 9.69 Å². The molecule has 0 N–H and O–H groups in total. The second-order valence-electron chi connectivity index (χ2n) is 5.70. The molecule has 0 spiro atoms. The van der Waals surface area contributed by atoms with Crippen molar-refractivity contribution >= 4 is 34.3 Å². The molecule has 1 heterocycles. The molecule has 0 aliphatic carbocycles. The molecule has 1 aromatic heterocycles. The van der Waals surface area contributed by atoms with Gasteiger partial charge in [0.15, 0.2) is 11.7 Å². The van der Waals surface area contributed by atoms with Crippen LogP contribution in [-0.4, -0.2) is 36.0 Å². The normalized spacial score (nSPS) is 10.7. The van der Waals surface area contributed by atoms with Crippen molar-refractivity contribution in [3.05, 3.63) is 58.6 Å². The summed E-state index contributed by atoms with van der Waals surface area (Å²) < 4.78 is 10.0. The van der Waals surface area contributed by atoms with Crippen molar-refractivity contribution in [1.82, 2.24) is 4.98 Å². The Labute approximate surface area is 167 Å². The van der Waals surface area contributed by atoms with Crippen LogP contribution in [-0.2, 0) is 25.6 Å². The number of benzene rings is 1. The molecule has 0 fully saturated rings. The number of hydrogen-bond acceptors (Lipinski definition) is 7. The average Bonchev–Trinajstić information content (AvgIpc) is 3.07. The molecule has 8 heteroatoms. The van der Waals surface area contributed by atoms with Crippen LogP contribution >= 0.6 is 11.3 Å². The summed E-state index contributed by atoms with van der Waals surface area (Å²) in [4.78, 5) is 42.5. The van der Waals surface area contributed by atoms with Crippen molar-refractivity contribution in [3.63, 3.8) is 0 Å². The quantitative estimate of drug-likeness (QED) is 0.498. The van der Waals surface area contributed by atoms with Gasteiger partial charge in [-0.25, -0.2) is 14.6 Å². The number of carbonyl (C=O) groups is 3. The largest absolute Gasteiger partial charge is 0.462 e. The van der Waals surface area contributed by atoms with Crippen LogP contribution in [0.15, 0.2) is 42.5 Å². The highest BCUT2D eigenvalue weighted by molar-refractivity contribution is 7.17. The van der Waals surface area contributed by atoms with E-state index in [2.05, 4.69) is 4.98 Å². The fraction of sp³-hybridized carbons (Fsp3) is 0.300. The van der Waals surface area contributed by atoms with Gasteiger partial charge in [0.2, 0.25) is 0 Å². The Morgan fingerprint density at radius 2 is 1.89 bits per heavy atom. The van der Waals surface area contributed by atoms with Crippen LogP contribution in [0.3, 0.4) is 0 Å². The molecular weight excluding hydrogens is 380 g/mol. The first-order valence-electron chi connectivity index (χ1n) is 8.74. The number of aryl methyl sites for hydroxylation is 1. The van der Waals surface area contributed by atoms with E-state index in [0.29, 0.717) is 15.7 Å². The van der Waals surface area contributed by atoms with Gasteiger partial charge >= 0.3 is 11.9 Å². The monoisotopic (exact) mass is 402 g/mol. The first-order chi connectivity index (χ1) is 13.5. The molecule has 2 aromatic rings. The highest BCUT2D eigenvalue weighted by Gasteiger charge is 2.24. The molecule has 0 unspecified atom stereocenters. The number of thiazole rings is 1. The summed E-state index contributed by atoms with van der Waals surface area (Å²) in [7, 11) is 0. The summed E-state index contributed by atoms with van der Waals surface area (Å²) in [6.07, 6.45) is 2.77. The number of amides is 1. The number of allylic oxidation sites excluding steroid dienone is 1.